The monoisotopic (exact) mass is 924 g/mol. The summed E-state index contributed by atoms with van der Waals surface area (Å²) in [4.78, 5) is 18.6. The standard InChI is InChI=1S/C56H57N7O6/c1-32(2)61-25-19-36(20-26-61)50-42-13-11-40(57-42)49(35-7-9-39(10-8-35)68-56-55(67)54(66)53(65)48(31-64)69-56)41-12-14-43(58-41)51(37-21-27-62(28-22-37)33(3)4)45-16-18-47(60-45)52(46-17-15-44(50)59-46)38-23-29-63(30-24-38)34(5)6/h7-30,32-34,48,53-56,64-67H,31H2,1-6H3,(H,57,58,59,60)/q+2/p+1/t48-,53-,54+,55-,56-/m1/s1. The van der Waals surface area contributed by atoms with Crippen molar-refractivity contribution in [1.82, 2.24) is 19.9 Å². The molecule has 10 rings (SSSR count). The van der Waals surface area contributed by atoms with E-state index in [0.29, 0.717) is 11.8 Å². The lowest BCUT2D eigenvalue weighted by molar-refractivity contribution is -0.716. The van der Waals surface area contributed by atoms with Crippen molar-refractivity contribution in [2.45, 2.75) is 90.4 Å². The molecule has 0 amide bonds. The van der Waals surface area contributed by atoms with Gasteiger partial charge in [-0.25, -0.2) is 23.7 Å². The molecular weight excluding hydrogens is 867 g/mol. The first-order valence-corrected chi connectivity index (χ1v) is 23.6. The second kappa shape index (κ2) is 18.8. The van der Waals surface area contributed by atoms with Crippen LogP contribution in [0.4, 0.5) is 0 Å². The maximum absolute atomic E-state index is 10.7. The third kappa shape index (κ3) is 8.80. The van der Waals surface area contributed by atoms with E-state index in [2.05, 4.69) is 187 Å². The van der Waals surface area contributed by atoms with Crippen LogP contribution in [0.2, 0.25) is 0 Å². The Morgan fingerprint density at radius 1 is 0.478 bits per heavy atom. The van der Waals surface area contributed by atoms with Gasteiger partial charge in [0.15, 0.2) is 55.3 Å². The first kappa shape index (κ1) is 45.6. The van der Waals surface area contributed by atoms with Gasteiger partial charge in [0, 0.05) is 80.7 Å². The number of rotatable bonds is 10. The maximum atomic E-state index is 10.7. The van der Waals surface area contributed by atoms with Gasteiger partial charge in [0.1, 0.15) is 30.2 Å². The van der Waals surface area contributed by atoms with Crippen LogP contribution in [0, 0.1) is 0 Å². The van der Waals surface area contributed by atoms with E-state index in [1.54, 1.807) is 12.1 Å². The largest absolute Gasteiger partial charge is 0.462 e. The second-order valence-electron chi connectivity index (χ2n) is 18.7. The van der Waals surface area contributed by atoms with E-state index < -0.39 is 37.3 Å². The van der Waals surface area contributed by atoms with Crippen LogP contribution in [0.1, 0.15) is 82.4 Å². The molecule has 3 aliphatic heterocycles. The number of ether oxygens (including phenoxy) is 2. The smallest absolute Gasteiger partial charge is 0.229 e. The van der Waals surface area contributed by atoms with Crippen LogP contribution in [-0.4, -0.2) is 77.7 Å². The molecule has 5 atom stereocenters. The minimum absolute atomic E-state index is 0.286. The lowest BCUT2D eigenvalue weighted by Crippen LogP contribution is -2.60. The van der Waals surface area contributed by atoms with Crippen LogP contribution >= 0.6 is 0 Å². The summed E-state index contributed by atoms with van der Waals surface area (Å²) in [5, 5.41) is 41.3. The first-order chi connectivity index (χ1) is 33.3. The quantitative estimate of drug-likeness (QED) is 0.0749. The summed E-state index contributed by atoms with van der Waals surface area (Å²) in [6.07, 6.45) is 14.0. The predicted octanol–water partition coefficient (Wildman–Crippen LogP) is 8.11. The number of aromatic amines is 2. The molecule has 6 aromatic heterocycles. The Hall–Kier alpha value is -7.13. The molecule has 350 valence electrons. The average molecular weight is 925 g/mol. The van der Waals surface area contributed by atoms with E-state index in [0.717, 1.165) is 89.4 Å². The van der Waals surface area contributed by atoms with Crippen LogP contribution in [0.25, 0.3) is 90.9 Å². The zero-order valence-electron chi connectivity index (χ0n) is 39.5. The van der Waals surface area contributed by atoms with Crippen molar-refractivity contribution in [3.05, 3.63) is 145 Å². The Kier molecular flexibility index (Phi) is 12.4. The number of benzene rings is 1. The summed E-state index contributed by atoms with van der Waals surface area (Å²) in [6.45, 7) is 12.4. The molecule has 0 saturated carbocycles. The highest BCUT2D eigenvalue weighted by Crippen LogP contribution is 2.39. The van der Waals surface area contributed by atoms with E-state index in [-0.39, 0.29) is 12.1 Å². The Labute approximate surface area is 400 Å². The molecule has 6 N–H and O–H groups in total. The zero-order chi connectivity index (χ0) is 48.1. The van der Waals surface area contributed by atoms with E-state index in [1.807, 2.05) is 12.1 Å². The Morgan fingerprint density at radius 2 is 0.841 bits per heavy atom. The van der Waals surface area contributed by atoms with Gasteiger partial charge >= 0.3 is 0 Å². The van der Waals surface area contributed by atoms with E-state index in [9.17, 15) is 20.4 Å². The zero-order valence-corrected chi connectivity index (χ0v) is 39.5. The number of aliphatic hydroxyl groups is 4. The Morgan fingerprint density at radius 3 is 1.23 bits per heavy atom. The number of H-pyrrole nitrogens is 2. The van der Waals surface area contributed by atoms with Crippen molar-refractivity contribution in [2.75, 3.05) is 6.61 Å². The highest BCUT2D eigenvalue weighted by atomic mass is 16.7. The highest BCUT2D eigenvalue weighted by Gasteiger charge is 2.44. The molecular formula is C56H58N7O6+3. The van der Waals surface area contributed by atoms with Crippen LogP contribution in [0.15, 0.2) is 122 Å². The Balaban J connectivity index is 1.24. The summed E-state index contributed by atoms with van der Waals surface area (Å²) in [5.41, 5.74) is 14.2. The van der Waals surface area contributed by atoms with Gasteiger partial charge in [-0.1, -0.05) is 12.1 Å². The molecule has 13 nitrogen and oxygen atoms in total. The summed E-state index contributed by atoms with van der Waals surface area (Å²) in [6, 6.07) is 29.5. The average Bonchev–Trinajstić information content (AvgIpc) is 4.21. The molecule has 13 heteroatoms. The van der Waals surface area contributed by atoms with Crippen molar-refractivity contribution in [3.63, 3.8) is 0 Å². The summed E-state index contributed by atoms with van der Waals surface area (Å²) in [7, 11) is 0. The van der Waals surface area contributed by atoms with E-state index >= 15 is 0 Å². The summed E-state index contributed by atoms with van der Waals surface area (Å²) >= 11 is 0. The molecule has 3 aliphatic rings. The first-order valence-electron chi connectivity index (χ1n) is 23.6. The minimum atomic E-state index is -1.56. The number of hydrogen-bond acceptors (Lipinski definition) is 8. The maximum Gasteiger partial charge on any atom is 0.229 e. The molecule has 69 heavy (non-hydrogen) atoms. The van der Waals surface area contributed by atoms with E-state index in [4.69, 9.17) is 19.4 Å². The summed E-state index contributed by atoms with van der Waals surface area (Å²) < 4.78 is 18.2. The number of pyridine rings is 3. The van der Waals surface area contributed by atoms with Gasteiger partial charge in [0.2, 0.25) is 6.29 Å². The van der Waals surface area contributed by atoms with Crippen molar-refractivity contribution in [1.29, 1.82) is 0 Å². The fraction of sp³-hybridized carbons (Fsp3) is 0.268. The number of aliphatic hydroxyl groups excluding tert-OH is 4. The fourth-order valence-corrected chi connectivity index (χ4v) is 9.27. The van der Waals surface area contributed by atoms with Gasteiger partial charge in [-0.15, -0.1) is 0 Å². The molecule has 9 heterocycles. The van der Waals surface area contributed by atoms with Gasteiger partial charge in [0.25, 0.3) is 0 Å². The van der Waals surface area contributed by atoms with Crippen molar-refractivity contribution in [3.8, 4) is 50.3 Å². The third-order valence-electron chi connectivity index (χ3n) is 13.2. The van der Waals surface area contributed by atoms with Crippen molar-refractivity contribution in [2.24, 2.45) is 0 Å². The normalized spacial score (nSPS) is 19.0. The van der Waals surface area contributed by atoms with Gasteiger partial charge in [-0.2, -0.15) is 0 Å². The van der Waals surface area contributed by atoms with Crippen LogP contribution < -0.4 is 18.4 Å². The molecule has 0 aliphatic carbocycles. The molecule has 1 fully saturated rings. The van der Waals surface area contributed by atoms with Crippen molar-refractivity contribution >= 4 is 46.4 Å². The molecule has 0 unspecified atom stereocenters. The number of nitrogens with one attached hydrogen (secondary N) is 2. The van der Waals surface area contributed by atoms with Crippen molar-refractivity contribution < 1.29 is 43.6 Å². The number of aromatic nitrogens is 7. The van der Waals surface area contributed by atoms with Gasteiger partial charge in [-0.3, -0.25) is 0 Å². The Bertz CT molecular complexity index is 3100. The van der Waals surface area contributed by atoms with Crippen LogP contribution in [-0.2, 0) is 4.74 Å². The fourth-order valence-electron chi connectivity index (χ4n) is 9.27. The van der Waals surface area contributed by atoms with Gasteiger partial charge in [0.05, 0.1) is 29.4 Å². The minimum Gasteiger partial charge on any atom is -0.462 e. The lowest BCUT2D eigenvalue weighted by Gasteiger charge is -2.39. The van der Waals surface area contributed by atoms with E-state index in [1.165, 1.54) is 0 Å². The number of nitrogens with zero attached hydrogens (tertiary/aromatic N) is 5. The molecule has 0 radical (unpaired) electrons. The third-order valence-corrected chi connectivity index (χ3v) is 13.2. The molecule has 7 aromatic rings. The second-order valence-corrected chi connectivity index (χ2v) is 18.7. The van der Waals surface area contributed by atoms with Gasteiger partial charge in [-0.05, 0) is 124 Å². The SMILES string of the molecule is CC(C)[n+]1ccc(-c2c3nc(c(-c4cc[n+](C(C)C)cc4)c4ccc([nH]4)c(-c4ccc(O[C@@H]5O[C@H](CO)[C@@H](O)[C@H](O)[C@H]5O)cc4)c4ccc([nH]4)c(-c4cc[n+](C(C)C)cc4)c4nc2C=C4)C=C3)cc1. The summed E-state index contributed by atoms with van der Waals surface area (Å²) in [5.74, 6) is 0.356. The topological polar surface area (TPSA) is 168 Å². The van der Waals surface area contributed by atoms with Crippen LogP contribution in [0.3, 0.4) is 0 Å². The molecule has 8 bridgehead atoms. The molecule has 0 spiro atoms. The number of fused-ring (bicyclic) bond motifs is 8. The predicted molar refractivity (Wildman–Crippen MR) is 267 cm³/mol. The molecule has 1 aromatic carbocycles. The van der Waals surface area contributed by atoms with Gasteiger partial charge < -0.3 is 39.9 Å². The highest BCUT2D eigenvalue weighted by molar-refractivity contribution is 6.00. The number of hydrogen-bond donors (Lipinski definition) is 6. The lowest BCUT2D eigenvalue weighted by atomic mass is 9.99. The van der Waals surface area contributed by atoms with Crippen LogP contribution in [0.5, 0.6) is 5.75 Å². The molecule has 1 saturated heterocycles.